The van der Waals surface area contributed by atoms with Crippen molar-refractivity contribution in [1.82, 2.24) is 15.6 Å². The third-order valence-electron chi connectivity index (χ3n) is 4.40. The molecular formula is C21H15F2N3O3S. The lowest BCUT2D eigenvalue weighted by atomic mass is 10.1. The predicted molar refractivity (Wildman–Crippen MR) is 108 cm³/mol. The zero-order valence-electron chi connectivity index (χ0n) is 15.6. The molecule has 2 heterocycles. The Bertz CT molecular complexity index is 1220. The molecule has 0 saturated carbocycles. The first-order chi connectivity index (χ1) is 14.5. The van der Waals surface area contributed by atoms with Gasteiger partial charge >= 0.3 is 0 Å². The van der Waals surface area contributed by atoms with E-state index in [1.54, 1.807) is 6.07 Å². The summed E-state index contributed by atoms with van der Waals surface area (Å²) < 4.78 is 33.4. The highest BCUT2D eigenvalue weighted by atomic mass is 32.1. The second kappa shape index (κ2) is 8.03. The van der Waals surface area contributed by atoms with Gasteiger partial charge in [-0.15, -0.1) is 11.3 Å². The quantitative estimate of drug-likeness (QED) is 0.503. The first kappa shape index (κ1) is 19.7. The summed E-state index contributed by atoms with van der Waals surface area (Å²) in [6, 6.07) is 12.4. The van der Waals surface area contributed by atoms with E-state index in [0.29, 0.717) is 10.8 Å². The van der Waals surface area contributed by atoms with Crippen LogP contribution in [0.3, 0.4) is 0 Å². The van der Waals surface area contributed by atoms with Crippen LogP contribution in [0.4, 0.5) is 8.78 Å². The van der Waals surface area contributed by atoms with E-state index in [4.69, 9.17) is 4.42 Å². The number of likely N-dealkylation sites (N-methyl/N-ethyl adjacent to an activating group) is 1. The lowest BCUT2D eigenvalue weighted by Crippen LogP contribution is -2.39. The molecule has 6 nitrogen and oxygen atoms in total. The number of nitrogens with one attached hydrogen (secondary N) is 2. The van der Waals surface area contributed by atoms with Crippen molar-refractivity contribution >= 4 is 33.4 Å². The Morgan fingerprint density at radius 3 is 2.60 bits per heavy atom. The molecule has 1 atom stereocenters. The van der Waals surface area contributed by atoms with E-state index in [0.717, 1.165) is 22.3 Å². The Kier molecular flexibility index (Phi) is 5.28. The molecule has 0 aliphatic heterocycles. The first-order valence-corrected chi connectivity index (χ1v) is 9.71. The largest absolute Gasteiger partial charge is 0.448 e. The summed E-state index contributed by atoms with van der Waals surface area (Å²) in [6.07, 6.45) is 0. The summed E-state index contributed by atoms with van der Waals surface area (Å²) in [6.45, 7) is 0. The third kappa shape index (κ3) is 3.79. The molecule has 4 aromatic rings. The topological polar surface area (TPSA) is 84.2 Å². The van der Waals surface area contributed by atoms with Crippen LogP contribution in [-0.4, -0.2) is 23.8 Å². The molecule has 2 amide bonds. The Morgan fingerprint density at radius 2 is 1.87 bits per heavy atom. The number of halogens is 2. The molecule has 2 N–H and O–H groups in total. The number of nitrogens with zero attached hydrogens (tertiary/aromatic N) is 1. The number of para-hydroxylation sites is 1. The highest BCUT2D eigenvalue weighted by molar-refractivity contribution is 7.21. The van der Waals surface area contributed by atoms with E-state index in [2.05, 4.69) is 15.6 Å². The van der Waals surface area contributed by atoms with E-state index in [-0.39, 0.29) is 11.3 Å². The minimum atomic E-state index is -1.23. The Labute approximate surface area is 173 Å². The van der Waals surface area contributed by atoms with Crippen LogP contribution in [0.1, 0.15) is 22.2 Å². The molecule has 2 aromatic heterocycles. The van der Waals surface area contributed by atoms with Crippen molar-refractivity contribution in [3.8, 4) is 10.8 Å². The minimum Gasteiger partial charge on any atom is -0.448 e. The molecule has 4 rings (SSSR count). The van der Waals surface area contributed by atoms with Gasteiger partial charge in [-0.2, -0.15) is 0 Å². The SMILES string of the molecule is CNC(=O)C(NC(=O)c1ccc(-c2nc3ccccc3s2)o1)c1ccc(F)c(F)c1. The van der Waals surface area contributed by atoms with Crippen LogP contribution in [0.15, 0.2) is 59.0 Å². The summed E-state index contributed by atoms with van der Waals surface area (Å²) in [5, 5.41) is 5.49. The van der Waals surface area contributed by atoms with Crippen LogP contribution in [0, 0.1) is 11.6 Å². The van der Waals surface area contributed by atoms with Gasteiger partial charge in [-0.3, -0.25) is 9.59 Å². The number of aromatic nitrogens is 1. The minimum absolute atomic E-state index is 0.0410. The van der Waals surface area contributed by atoms with E-state index in [1.165, 1.54) is 30.5 Å². The lowest BCUT2D eigenvalue weighted by Gasteiger charge is -2.17. The summed E-state index contributed by atoms with van der Waals surface area (Å²) in [7, 11) is 1.37. The number of amides is 2. The number of rotatable bonds is 5. The van der Waals surface area contributed by atoms with Gasteiger partial charge in [0.15, 0.2) is 28.2 Å². The zero-order valence-corrected chi connectivity index (χ0v) is 16.4. The number of thiazole rings is 1. The van der Waals surface area contributed by atoms with Crippen LogP contribution in [-0.2, 0) is 4.79 Å². The van der Waals surface area contributed by atoms with Crippen LogP contribution in [0.2, 0.25) is 0 Å². The van der Waals surface area contributed by atoms with Gasteiger partial charge in [-0.1, -0.05) is 18.2 Å². The molecule has 0 aliphatic carbocycles. The molecule has 0 radical (unpaired) electrons. The number of carbonyl (C=O) groups excluding carboxylic acids is 2. The fourth-order valence-corrected chi connectivity index (χ4v) is 3.82. The average Bonchev–Trinajstić information content (AvgIpc) is 3.40. The summed E-state index contributed by atoms with van der Waals surface area (Å²) >= 11 is 1.42. The van der Waals surface area contributed by atoms with Crippen molar-refractivity contribution in [2.45, 2.75) is 6.04 Å². The standard InChI is InChI=1S/C21H15F2N3O3S/c1-24-20(28)18(11-6-7-12(22)13(23)10-11)26-19(27)15-8-9-16(29-15)21-25-14-4-2-3-5-17(14)30-21/h2-10,18H,1H3,(H,24,28)(H,26,27). The van der Waals surface area contributed by atoms with E-state index >= 15 is 0 Å². The fourth-order valence-electron chi connectivity index (χ4n) is 2.89. The molecule has 0 spiro atoms. The molecule has 30 heavy (non-hydrogen) atoms. The molecule has 2 aromatic carbocycles. The average molecular weight is 427 g/mol. The second-order valence-corrected chi connectivity index (χ2v) is 7.38. The molecule has 0 bridgehead atoms. The van der Waals surface area contributed by atoms with Crippen molar-refractivity contribution in [1.29, 1.82) is 0 Å². The van der Waals surface area contributed by atoms with Crippen LogP contribution in [0.5, 0.6) is 0 Å². The van der Waals surface area contributed by atoms with Crippen molar-refractivity contribution in [2.24, 2.45) is 0 Å². The van der Waals surface area contributed by atoms with Gasteiger partial charge in [-0.25, -0.2) is 13.8 Å². The summed E-state index contributed by atoms with van der Waals surface area (Å²) in [4.78, 5) is 29.3. The number of hydrogen-bond donors (Lipinski definition) is 2. The van der Waals surface area contributed by atoms with Gasteiger partial charge in [0, 0.05) is 7.05 Å². The number of benzene rings is 2. The number of hydrogen-bond acceptors (Lipinski definition) is 5. The highest BCUT2D eigenvalue weighted by Crippen LogP contribution is 2.31. The molecular weight excluding hydrogens is 412 g/mol. The maximum atomic E-state index is 13.6. The third-order valence-corrected chi connectivity index (χ3v) is 5.45. The van der Waals surface area contributed by atoms with Crippen molar-refractivity contribution in [3.63, 3.8) is 0 Å². The molecule has 152 valence electrons. The smallest absolute Gasteiger partial charge is 0.287 e. The normalized spacial score (nSPS) is 12.0. The van der Waals surface area contributed by atoms with Gasteiger partial charge in [0.1, 0.15) is 6.04 Å². The highest BCUT2D eigenvalue weighted by Gasteiger charge is 2.25. The molecule has 0 saturated heterocycles. The Morgan fingerprint density at radius 1 is 1.07 bits per heavy atom. The monoisotopic (exact) mass is 427 g/mol. The van der Waals surface area contributed by atoms with Crippen LogP contribution in [0.25, 0.3) is 21.0 Å². The van der Waals surface area contributed by atoms with Gasteiger partial charge < -0.3 is 15.1 Å². The lowest BCUT2D eigenvalue weighted by molar-refractivity contribution is -0.122. The molecule has 0 aliphatic rings. The number of furan rings is 1. The zero-order chi connectivity index (χ0) is 21.3. The van der Waals surface area contributed by atoms with E-state index in [9.17, 15) is 18.4 Å². The van der Waals surface area contributed by atoms with Crippen LogP contribution < -0.4 is 10.6 Å². The summed E-state index contributed by atoms with van der Waals surface area (Å²) in [5.41, 5.74) is 0.914. The van der Waals surface area contributed by atoms with Crippen molar-refractivity contribution < 1.29 is 22.8 Å². The molecule has 1 unspecified atom stereocenters. The van der Waals surface area contributed by atoms with E-state index < -0.39 is 29.5 Å². The molecule has 0 fully saturated rings. The molecule has 9 heteroatoms. The number of fused-ring (bicyclic) bond motifs is 1. The van der Waals surface area contributed by atoms with Crippen molar-refractivity contribution in [3.05, 3.63) is 77.6 Å². The van der Waals surface area contributed by atoms with Gasteiger partial charge in [0.2, 0.25) is 5.91 Å². The Balaban J connectivity index is 1.58. The van der Waals surface area contributed by atoms with Crippen LogP contribution >= 0.6 is 11.3 Å². The predicted octanol–water partition coefficient (Wildman–Crippen LogP) is 4.05. The van der Waals surface area contributed by atoms with Crippen molar-refractivity contribution in [2.75, 3.05) is 7.05 Å². The van der Waals surface area contributed by atoms with Gasteiger partial charge in [0.25, 0.3) is 5.91 Å². The fraction of sp³-hybridized carbons (Fsp3) is 0.0952. The number of carbonyl (C=O) groups is 2. The second-order valence-electron chi connectivity index (χ2n) is 6.34. The first-order valence-electron chi connectivity index (χ1n) is 8.89. The van der Waals surface area contributed by atoms with Gasteiger partial charge in [-0.05, 0) is 42.0 Å². The Hall–Kier alpha value is -3.59. The summed E-state index contributed by atoms with van der Waals surface area (Å²) in [5.74, 6) is -3.07. The van der Waals surface area contributed by atoms with Gasteiger partial charge in [0.05, 0.1) is 10.2 Å². The van der Waals surface area contributed by atoms with E-state index in [1.807, 2.05) is 24.3 Å². The maximum Gasteiger partial charge on any atom is 0.287 e. The maximum absolute atomic E-state index is 13.6.